The fourth-order valence-electron chi connectivity index (χ4n) is 3.21. The standard InChI is InChI=1S/C21H23NO5.CH2O2/c23-18-10-11-22(13-17(18)21(25)26)20(24)12-16-8-4-5-9-19(16)27-14-15-6-2-1-3-7-15;2-1-3/h1-9,17-18,23H,10-14H2,(H,25,26);1H,(H,2,3)/t17-,18-;/m1./s1. The lowest BCUT2D eigenvalue weighted by Gasteiger charge is -2.34. The number of ether oxygens (including phenoxy) is 1. The highest BCUT2D eigenvalue weighted by atomic mass is 16.5. The lowest BCUT2D eigenvalue weighted by atomic mass is 9.94. The number of piperidine rings is 1. The predicted octanol–water partition coefficient (Wildman–Crippen LogP) is 1.80. The number of carbonyl (C=O) groups is 3. The second-order valence-electron chi connectivity index (χ2n) is 6.80. The summed E-state index contributed by atoms with van der Waals surface area (Å²) >= 11 is 0. The van der Waals surface area contributed by atoms with Crippen molar-refractivity contribution in [2.24, 2.45) is 5.92 Å². The number of aliphatic hydroxyl groups excluding tert-OH is 1. The van der Waals surface area contributed by atoms with Gasteiger partial charge in [0.1, 0.15) is 18.3 Å². The molecule has 8 heteroatoms. The topological polar surface area (TPSA) is 124 Å². The molecule has 1 aliphatic heterocycles. The zero-order chi connectivity index (χ0) is 21.9. The SMILES string of the molecule is O=C(O)[C@@H]1CN(C(=O)Cc2ccccc2OCc2ccccc2)CC[C@H]1O.O=CO. The number of likely N-dealkylation sites (tertiary alicyclic amines) is 1. The summed E-state index contributed by atoms with van der Waals surface area (Å²) in [4.78, 5) is 33.8. The molecular formula is C22H25NO7. The van der Waals surface area contributed by atoms with E-state index in [1.807, 2.05) is 54.6 Å². The van der Waals surface area contributed by atoms with E-state index >= 15 is 0 Å². The lowest BCUT2D eigenvalue weighted by Crippen LogP contribution is -2.49. The van der Waals surface area contributed by atoms with Crippen molar-refractivity contribution in [1.29, 1.82) is 0 Å². The maximum Gasteiger partial charge on any atom is 0.310 e. The second-order valence-corrected chi connectivity index (χ2v) is 6.80. The molecule has 2 aromatic carbocycles. The molecule has 3 N–H and O–H groups in total. The van der Waals surface area contributed by atoms with E-state index in [2.05, 4.69) is 0 Å². The van der Waals surface area contributed by atoms with Gasteiger partial charge in [-0.15, -0.1) is 0 Å². The number of benzene rings is 2. The summed E-state index contributed by atoms with van der Waals surface area (Å²) in [7, 11) is 0. The Morgan fingerprint density at radius 3 is 2.40 bits per heavy atom. The zero-order valence-corrected chi connectivity index (χ0v) is 16.4. The summed E-state index contributed by atoms with van der Waals surface area (Å²) in [6.45, 7) is 0.544. The molecule has 3 rings (SSSR count). The van der Waals surface area contributed by atoms with Crippen LogP contribution in [0, 0.1) is 5.92 Å². The van der Waals surface area contributed by atoms with Crippen molar-refractivity contribution >= 4 is 18.3 Å². The van der Waals surface area contributed by atoms with Gasteiger partial charge in [-0.3, -0.25) is 14.4 Å². The molecule has 0 spiro atoms. The largest absolute Gasteiger partial charge is 0.489 e. The number of carbonyl (C=O) groups excluding carboxylic acids is 1. The molecule has 1 heterocycles. The minimum absolute atomic E-state index is 0.0301. The number of aliphatic carboxylic acids is 1. The molecule has 0 radical (unpaired) electrons. The van der Waals surface area contributed by atoms with Crippen molar-refractivity contribution in [1.82, 2.24) is 4.90 Å². The highest BCUT2D eigenvalue weighted by Gasteiger charge is 2.35. The quantitative estimate of drug-likeness (QED) is 0.615. The van der Waals surface area contributed by atoms with E-state index in [4.69, 9.17) is 14.6 Å². The summed E-state index contributed by atoms with van der Waals surface area (Å²) in [6.07, 6.45) is -0.504. The second kappa shape index (κ2) is 11.6. The Kier molecular flexibility index (Phi) is 8.83. The van der Waals surface area contributed by atoms with Crippen LogP contribution in [0.15, 0.2) is 54.6 Å². The smallest absolute Gasteiger partial charge is 0.310 e. The van der Waals surface area contributed by atoms with Gasteiger partial charge in [0.15, 0.2) is 0 Å². The van der Waals surface area contributed by atoms with E-state index in [1.165, 1.54) is 4.90 Å². The monoisotopic (exact) mass is 415 g/mol. The first-order valence-corrected chi connectivity index (χ1v) is 9.47. The van der Waals surface area contributed by atoms with Crippen LogP contribution in [0.5, 0.6) is 5.75 Å². The van der Waals surface area contributed by atoms with Crippen molar-refractivity contribution in [2.75, 3.05) is 13.1 Å². The molecule has 0 bridgehead atoms. The molecule has 1 fully saturated rings. The number of para-hydroxylation sites is 1. The molecule has 0 unspecified atom stereocenters. The summed E-state index contributed by atoms with van der Waals surface area (Å²) < 4.78 is 5.88. The van der Waals surface area contributed by atoms with Crippen molar-refractivity contribution in [3.05, 3.63) is 65.7 Å². The Bertz CT molecular complexity index is 840. The number of carboxylic acids is 1. The minimum Gasteiger partial charge on any atom is -0.489 e. The van der Waals surface area contributed by atoms with Crippen LogP contribution >= 0.6 is 0 Å². The predicted molar refractivity (Wildman–Crippen MR) is 108 cm³/mol. The molecule has 1 saturated heterocycles. The van der Waals surface area contributed by atoms with Crippen molar-refractivity contribution in [2.45, 2.75) is 25.6 Å². The Morgan fingerprint density at radius 2 is 1.73 bits per heavy atom. The van der Waals surface area contributed by atoms with Gasteiger partial charge < -0.3 is 25.0 Å². The molecular weight excluding hydrogens is 390 g/mol. The molecule has 0 saturated carbocycles. The van der Waals surface area contributed by atoms with Crippen molar-refractivity contribution in [3.8, 4) is 5.75 Å². The van der Waals surface area contributed by atoms with Crippen LogP contribution in [-0.4, -0.2) is 57.8 Å². The Morgan fingerprint density at radius 1 is 1.10 bits per heavy atom. The summed E-state index contributed by atoms with van der Waals surface area (Å²) in [6, 6.07) is 17.1. The molecule has 1 aliphatic rings. The maximum atomic E-state index is 12.7. The molecule has 160 valence electrons. The maximum absolute atomic E-state index is 12.7. The van der Waals surface area contributed by atoms with Gasteiger partial charge in [-0.05, 0) is 18.1 Å². The van der Waals surface area contributed by atoms with Crippen LogP contribution in [-0.2, 0) is 27.4 Å². The molecule has 0 aliphatic carbocycles. The van der Waals surface area contributed by atoms with E-state index in [0.717, 1.165) is 11.1 Å². The first kappa shape index (κ1) is 22.9. The normalized spacial score (nSPS) is 18.0. The van der Waals surface area contributed by atoms with Gasteiger partial charge in [0.05, 0.1) is 12.5 Å². The molecule has 30 heavy (non-hydrogen) atoms. The van der Waals surface area contributed by atoms with Crippen LogP contribution in [0.2, 0.25) is 0 Å². The van der Waals surface area contributed by atoms with Crippen molar-refractivity contribution < 1.29 is 34.4 Å². The first-order chi connectivity index (χ1) is 14.5. The molecule has 2 atom stereocenters. The first-order valence-electron chi connectivity index (χ1n) is 9.47. The molecule has 8 nitrogen and oxygen atoms in total. The van der Waals surface area contributed by atoms with E-state index < -0.39 is 18.0 Å². The summed E-state index contributed by atoms with van der Waals surface area (Å²) in [5, 5.41) is 25.9. The van der Waals surface area contributed by atoms with E-state index in [1.54, 1.807) is 0 Å². The number of carboxylic acid groups (broad SMARTS) is 2. The van der Waals surface area contributed by atoms with Crippen LogP contribution in [0.4, 0.5) is 0 Å². The molecule has 2 aromatic rings. The fourth-order valence-corrected chi connectivity index (χ4v) is 3.21. The average molecular weight is 415 g/mol. The van der Waals surface area contributed by atoms with Crippen LogP contribution in [0.25, 0.3) is 0 Å². The van der Waals surface area contributed by atoms with Gasteiger partial charge >= 0.3 is 5.97 Å². The van der Waals surface area contributed by atoms with Crippen LogP contribution < -0.4 is 4.74 Å². The number of hydrogen-bond acceptors (Lipinski definition) is 5. The number of amides is 1. The third kappa shape index (κ3) is 6.59. The fraction of sp³-hybridized carbons (Fsp3) is 0.318. The Labute approximate surface area is 174 Å². The van der Waals surface area contributed by atoms with Crippen LogP contribution in [0.3, 0.4) is 0 Å². The Hall–Kier alpha value is -3.39. The van der Waals surface area contributed by atoms with Crippen molar-refractivity contribution in [3.63, 3.8) is 0 Å². The summed E-state index contributed by atoms with van der Waals surface area (Å²) in [5.41, 5.74) is 1.80. The van der Waals surface area contributed by atoms with Gasteiger partial charge in [-0.2, -0.15) is 0 Å². The Balaban J connectivity index is 0.00000101. The zero-order valence-electron chi connectivity index (χ0n) is 16.4. The average Bonchev–Trinajstić information content (AvgIpc) is 2.74. The minimum atomic E-state index is -1.08. The highest BCUT2D eigenvalue weighted by molar-refractivity contribution is 5.81. The van der Waals surface area contributed by atoms with Gasteiger partial charge in [-0.1, -0.05) is 48.5 Å². The highest BCUT2D eigenvalue weighted by Crippen LogP contribution is 2.23. The number of hydrogen-bond donors (Lipinski definition) is 3. The number of rotatable bonds is 6. The molecule has 0 aromatic heterocycles. The number of aliphatic hydroxyl groups is 1. The summed E-state index contributed by atoms with van der Waals surface area (Å²) in [5.74, 6) is -1.54. The van der Waals surface area contributed by atoms with E-state index in [-0.39, 0.29) is 31.8 Å². The van der Waals surface area contributed by atoms with Gasteiger partial charge in [0.2, 0.25) is 5.91 Å². The van der Waals surface area contributed by atoms with Gasteiger partial charge in [0, 0.05) is 18.7 Å². The van der Waals surface area contributed by atoms with Gasteiger partial charge in [0.25, 0.3) is 6.47 Å². The molecule has 1 amide bonds. The third-order valence-corrected chi connectivity index (χ3v) is 4.80. The van der Waals surface area contributed by atoms with Gasteiger partial charge in [-0.25, -0.2) is 0 Å². The number of nitrogens with zero attached hydrogens (tertiary/aromatic N) is 1. The van der Waals surface area contributed by atoms with E-state index in [9.17, 15) is 19.8 Å². The van der Waals surface area contributed by atoms with Crippen LogP contribution in [0.1, 0.15) is 17.5 Å². The van der Waals surface area contributed by atoms with E-state index in [0.29, 0.717) is 18.9 Å². The lowest BCUT2D eigenvalue weighted by molar-refractivity contribution is -0.151. The third-order valence-electron chi connectivity index (χ3n) is 4.80.